The number of hydrogen-bond donors (Lipinski definition) is 2. The van der Waals surface area contributed by atoms with Gasteiger partial charge in [0.15, 0.2) is 11.5 Å². The summed E-state index contributed by atoms with van der Waals surface area (Å²) in [5.74, 6) is -5.66. The molecule has 7 nitrogen and oxygen atoms in total. The molecule has 0 unspecified atom stereocenters. The first-order valence-corrected chi connectivity index (χ1v) is 6.73. The molecule has 0 fully saturated rings. The van der Waals surface area contributed by atoms with Gasteiger partial charge in [-0.1, -0.05) is 0 Å². The molecule has 1 aromatic carbocycles. The van der Waals surface area contributed by atoms with Crippen LogP contribution in [0.5, 0.6) is 11.5 Å². The second kappa shape index (κ2) is 4.73. The molecule has 0 saturated carbocycles. The standard InChI is InChI=1S/C11H5F3O7S/c12-11(13,14)22(19,20)21-7-3-6(17)8-4(15)1-2-5(16)9(8)10(7)18/h1-3,15-16H. The first kappa shape index (κ1) is 15.8. The number of alkyl halides is 3. The van der Waals surface area contributed by atoms with Crippen molar-refractivity contribution >= 4 is 21.7 Å². The number of ketones is 2. The van der Waals surface area contributed by atoms with Crippen LogP contribution < -0.4 is 0 Å². The van der Waals surface area contributed by atoms with Crippen LogP contribution in [-0.4, -0.2) is 35.7 Å². The highest BCUT2D eigenvalue weighted by Gasteiger charge is 2.50. The fourth-order valence-electron chi connectivity index (χ4n) is 1.67. The number of allylic oxidation sites excluding steroid dienone is 2. The molecule has 0 aromatic heterocycles. The molecule has 0 atom stereocenters. The van der Waals surface area contributed by atoms with E-state index in [9.17, 15) is 41.4 Å². The maximum Gasteiger partial charge on any atom is 0.534 e. The SMILES string of the molecule is O=C1C=C(OS(=O)(=O)C(F)(F)F)C(=O)c2c(O)ccc(O)c21. The van der Waals surface area contributed by atoms with Crippen molar-refractivity contribution in [3.63, 3.8) is 0 Å². The number of fused-ring (bicyclic) bond motifs is 1. The Kier molecular flexibility index (Phi) is 3.40. The Morgan fingerprint density at radius 2 is 1.50 bits per heavy atom. The Labute approximate surface area is 120 Å². The number of carbonyl (C=O) groups is 2. The first-order valence-electron chi connectivity index (χ1n) is 5.32. The molecule has 0 saturated heterocycles. The lowest BCUT2D eigenvalue weighted by atomic mass is 9.92. The number of phenols is 2. The van der Waals surface area contributed by atoms with Crippen molar-refractivity contribution in [2.45, 2.75) is 5.51 Å². The summed E-state index contributed by atoms with van der Waals surface area (Å²) in [6, 6.07) is 1.69. The Morgan fingerprint density at radius 3 is 2.00 bits per heavy atom. The number of hydrogen-bond acceptors (Lipinski definition) is 7. The molecule has 1 aliphatic rings. The number of benzene rings is 1. The number of aromatic hydroxyl groups is 2. The maximum absolute atomic E-state index is 12.2. The summed E-state index contributed by atoms with van der Waals surface area (Å²) in [6.45, 7) is 0. The summed E-state index contributed by atoms with van der Waals surface area (Å²) < 4.78 is 62.0. The number of halogens is 3. The summed E-state index contributed by atoms with van der Waals surface area (Å²) in [7, 11) is -6.16. The number of phenolic OH excluding ortho intramolecular Hbond substituents is 2. The largest absolute Gasteiger partial charge is 0.534 e. The lowest BCUT2D eigenvalue weighted by Gasteiger charge is -2.17. The van der Waals surface area contributed by atoms with Gasteiger partial charge >= 0.3 is 15.6 Å². The normalized spacial score (nSPS) is 15.3. The van der Waals surface area contributed by atoms with E-state index in [0.29, 0.717) is 0 Å². The van der Waals surface area contributed by atoms with Gasteiger partial charge in [0, 0.05) is 6.08 Å². The van der Waals surface area contributed by atoms with Gasteiger partial charge in [0.1, 0.15) is 11.5 Å². The molecule has 0 aliphatic heterocycles. The van der Waals surface area contributed by atoms with Crippen LogP contribution in [0.4, 0.5) is 13.2 Å². The molecule has 1 aromatic rings. The molecule has 2 N–H and O–H groups in total. The lowest BCUT2D eigenvalue weighted by molar-refractivity contribution is -0.0520. The van der Waals surface area contributed by atoms with Crippen LogP contribution in [0.25, 0.3) is 0 Å². The van der Waals surface area contributed by atoms with Gasteiger partial charge in [0.25, 0.3) is 0 Å². The molecule has 0 spiro atoms. The first-order chi connectivity index (χ1) is 9.95. The van der Waals surface area contributed by atoms with E-state index in [4.69, 9.17) is 0 Å². The molecule has 0 radical (unpaired) electrons. The zero-order chi connectivity index (χ0) is 16.9. The van der Waals surface area contributed by atoms with E-state index < -0.39 is 55.6 Å². The van der Waals surface area contributed by atoms with Gasteiger partial charge < -0.3 is 14.4 Å². The summed E-state index contributed by atoms with van der Waals surface area (Å²) in [5.41, 5.74) is -7.32. The molecule has 0 bridgehead atoms. The summed E-state index contributed by atoms with van der Waals surface area (Å²) >= 11 is 0. The van der Waals surface area contributed by atoms with Crippen molar-refractivity contribution in [3.05, 3.63) is 35.1 Å². The molecular formula is C11H5F3O7S. The predicted molar refractivity (Wildman–Crippen MR) is 62.6 cm³/mol. The van der Waals surface area contributed by atoms with Gasteiger partial charge in [-0.15, -0.1) is 0 Å². The van der Waals surface area contributed by atoms with E-state index in [0.717, 1.165) is 12.1 Å². The third-order valence-electron chi connectivity index (χ3n) is 2.60. The highest BCUT2D eigenvalue weighted by Crippen LogP contribution is 2.36. The van der Waals surface area contributed by atoms with Crippen LogP contribution >= 0.6 is 0 Å². The fraction of sp³-hybridized carbons (Fsp3) is 0.0909. The highest BCUT2D eigenvalue weighted by atomic mass is 32.2. The predicted octanol–water partition coefficient (Wildman–Crippen LogP) is 1.23. The van der Waals surface area contributed by atoms with Crippen LogP contribution in [0, 0.1) is 0 Å². The zero-order valence-electron chi connectivity index (χ0n) is 10.2. The van der Waals surface area contributed by atoms with Crippen molar-refractivity contribution in [2.75, 3.05) is 0 Å². The van der Waals surface area contributed by atoms with Crippen molar-refractivity contribution < 1.29 is 45.6 Å². The van der Waals surface area contributed by atoms with Crippen LogP contribution in [-0.2, 0) is 14.3 Å². The monoisotopic (exact) mass is 338 g/mol. The van der Waals surface area contributed by atoms with Crippen LogP contribution in [0.1, 0.15) is 20.7 Å². The van der Waals surface area contributed by atoms with E-state index in [1.54, 1.807) is 0 Å². The van der Waals surface area contributed by atoms with Crippen molar-refractivity contribution in [1.29, 1.82) is 0 Å². The van der Waals surface area contributed by atoms with Gasteiger partial charge in [-0.3, -0.25) is 9.59 Å². The van der Waals surface area contributed by atoms with Crippen molar-refractivity contribution in [2.24, 2.45) is 0 Å². The van der Waals surface area contributed by atoms with E-state index in [-0.39, 0.29) is 6.08 Å². The van der Waals surface area contributed by atoms with Crippen molar-refractivity contribution in [3.8, 4) is 11.5 Å². The van der Waals surface area contributed by atoms with Crippen LogP contribution in [0.15, 0.2) is 24.0 Å². The quantitative estimate of drug-likeness (QED) is 0.473. The average molecular weight is 338 g/mol. The molecule has 118 valence electrons. The second-order valence-corrected chi connectivity index (χ2v) is 5.58. The molecule has 1 aliphatic carbocycles. The topological polar surface area (TPSA) is 118 Å². The highest BCUT2D eigenvalue weighted by molar-refractivity contribution is 7.87. The van der Waals surface area contributed by atoms with Gasteiger partial charge in [-0.25, -0.2) is 0 Å². The summed E-state index contributed by atoms with van der Waals surface area (Å²) in [6.07, 6.45) is 0.188. The minimum Gasteiger partial charge on any atom is -0.507 e. The second-order valence-electron chi connectivity index (χ2n) is 4.04. The van der Waals surface area contributed by atoms with Gasteiger partial charge in [0.2, 0.25) is 5.78 Å². The third kappa shape index (κ3) is 2.39. The smallest absolute Gasteiger partial charge is 0.507 e. The van der Waals surface area contributed by atoms with Gasteiger partial charge in [0.05, 0.1) is 11.1 Å². The zero-order valence-corrected chi connectivity index (χ0v) is 11.0. The minimum atomic E-state index is -6.16. The van der Waals surface area contributed by atoms with E-state index >= 15 is 0 Å². The van der Waals surface area contributed by atoms with Crippen molar-refractivity contribution in [1.82, 2.24) is 0 Å². The molecule has 22 heavy (non-hydrogen) atoms. The average Bonchev–Trinajstić information content (AvgIpc) is 2.36. The Morgan fingerprint density at radius 1 is 1.00 bits per heavy atom. The maximum atomic E-state index is 12.2. The number of Topliss-reactive ketones (excluding diaryl/α,β-unsaturated/α-hetero) is 1. The van der Waals surface area contributed by atoms with Crippen LogP contribution in [0.3, 0.4) is 0 Å². The van der Waals surface area contributed by atoms with Crippen LogP contribution in [0.2, 0.25) is 0 Å². The summed E-state index contributed by atoms with van der Waals surface area (Å²) in [5, 5.41) is 19.0. The Bertz CT molecular complexity index is 821. The molecule has 0 heterocycles. The van der Waals surface area contributed by atoms with Gasteiger partial charge in [-0.2, -0.15) is 21.6 Å². The number of carbonyl (C=O) groups excluding carboxylic acids is 2. The van der Waals surface area contributed by atoms with Gasteiger partial charge in [-0.05, 0) is 12.1 Å². The third-order valence-corrected chi connectivity index (χ3v) is 3.57. The Balaban J connectivity index is 2.54. The minimum absolute atomic E-state index is 0.188. The lowest BCUT2D eigenvalue weighted by Crippen LogP contribution is -2.29. The molecule has 11 heteroatoms. The molecule has 2 rings (SSSR count). The van der Waals surface area contributed by atoms with E-state index in [1.165, 1.54) is 0 Å². The van der Waals surface area contributed by atoms with E-state index in [2.05, 4.69) is 4.18 Å². The molecule has 0 amide bonds. The Hall–Kier alpha value is -2.56. The molecular weight excluding hydrogens is 333 g/mol. The fourth-order valence-corrected chi connectivity index (χ4v) is 2.12. The summed E-state index contributed by atoms with van der Waals surface area (Å²) in [4.78, 5) is 23.6. The number of rotatable bonds is 2. The van der Waals surface area contributed by atoms with E-state index in [1.807, 2.05) is 0 Å².